The van der Waals surface area contributed by atoms with Gasteiger partial charge in [0, 0.05) is 0 Å². The smallest absolute Gasteiger partial charge is 0.00639 e. The number of hydrogen-bond acceptors (Lipinski definition) is 0. The highest BCUT2D eigenvalue weighted by Gasteiger charge is 2.01. The van der Waals surface area contributed by atoms with Crippen LogP contribution >= 0.6 is 0 Å². The molecule has 1 aromatic carbocycles. The number of benzene rings is 1. The Labute approximate surface area is 91.6 Å². The molecule has 0 heteroatoms. The molecule has 1 aliphatic carbocycles. The molecule has 0 nitrogen and oxygen atoms in total. The van der Waals surface area contributed by atoms with E-state index in [1.165, 1.54) is 16.7 Å². The van der Waals surface area contributed by atoms with Gasteiger partial charge in [-0.05, 0) is 30.9 Å². The summed E-state index contributed by atoms with van der Waals surface area (Å²) in [6, 6.07) is 10.6. The van der Waals surface area contributed by atoms with E-state index >= 15 is 0 Å². The second kappa shape index (κ2) is 4.79. The van der Waals surface area contributed by atoms with Gasteiger partial charge in [-0.15, -0.1) is 0 Å². The molecule has 76 valence electrons. The van der Waals surface area contributed by atoms with Crippen molar-refractivity contribution in [3.8, 4) is 0 Å². The molecule has 0 saturated heterocycles. The van der Waals surface area contributed by atoms with Gasteiger partial charge in [0.1, 0.15) is 0 Å². The third-order valence-corrected chi connectivity index (χ3v) is 2.74. The first-order valence-corrected chi connectivity index (χ1v) is 5.42. The molecule has 0 aliphatic heterocycles. The molecule has 0 spiro atoms. The molecule has 0 bridgehead atoms. The van der Waals surface area contributed by atoms with Crippen LogP contribution in [0.5, 0.6) is 0 Å². The minimum atomic E-state index is 1.06. The van der Waals surface area contributed by atoms with Crippen LogP contribution in [0.2, 0.25) is 0 Å². The molecule has 0 heterocycles. The Morgan fingerprint density at radius 1 is 1.13 bits per heavy atom. The van der Waals surface area contributed by atoms with E-state index in [4.69, 9.17) is 0 Å². The van der Waals surface area contributed by atoms with Crippen molar-refractivity contribution in [2.24, 2.45) is 0 Å². The van der Waals surface area contributed by atoms with Gasteiger partial charge in [0.25, 0.3) is 0 Å². The van der Waals surface area contributed by atoms with Gasteiger partial charge in [0.2, 0.25) is 0 Å². The van der Waals surface area contributed by atoms with Gasteiger partial charge in [-0.25, -0.2) is 0 Å². The summed E-state index contributed by atoms with van der Waals surface area (Å²) in [5, 5.41) is 0. The molecule has 0 radical (unpaired) electrons. The van der Waals surface area contributed by atoms with E-state index in [1.807, 2.05) is 0 Å². The van der Waals surface area contributed by atoms with Gasteiger partial charge < -0.3 is 0 Å². The molecule has 0 amide bonds. The highest BCUT2D eigenvalue weighted by molar-refractivity contribution is 5.35. The first-order chi connectivity index (χ1) is 7.36. The first-order valence-electron chi connectivity index (χ1n) is 5.42. The van der Waals surface area contributed by atoms with Gasteiger partial charge >= 0.3 is 0 Å². The molecule has 1 aromatic rings. The zero-order chi connectivity index (χ0) is 10.5. The third-order valence-electron chi connectivity index (χ3n) is 2.74. The quantitative estimate of drug-likeness (QED) is 0.669. The second-order valence-electron chi connectivity index (χ2n) is 3.96. The summed E-state index contributed by atoms with van der Waals surface area (Å²) < 4.78 is 0. The standard InChI is InChI=1S/C15H16/c1-13(15-10-6-3-7-11-15)12-14-8-4-2-5-9-14/h2-10H,11-12H2,1H3. The van der Waals surface area contributed by atoms with E-state index in [0.717, 1.165) is 12.8 Å². The monoisotopic (exact) mass is 196 g/mol. The van der Waals surface area contributed by atoms with Crippen molar-refractivity contribution in [3.05, 3.63) is 71.3 Å². The highest BCUT2D eigenvalue weighted by atomic mass is 14.1. The normalized spacial score (nSPS) is 17.9. The molecule has 0 saturated carbocycles. The van der Waals surface area contributed by atoms with Crippen LogP contribution in [0.3, 0.4) is 0 Å². The zero-order valence-electron chi connectivity index (χ0n) is 9.11. The summed E-state index contributed by atoms with van der Waals surface area (Å²) in [5.41, 5.74) is 4.33. The van der Waals surface area contributed by atoms with Crippen molar-refractivity contribution < 1.29 is 0 Å². The van der Waals surface area contributed by atoms with Gasteiger partial charge in [-0.1, -0.05) is 60.2 Å². The average Bonchev–Trinajstić information content (AvgIpc) is 2.31. The van der Waals surface area contributed by atoms with E-state index in [0.29, 0.717) is 0 Å². The summed E-state index contributed by atoms with van der Waals surface area (Å²) in [7, 11) is 0. The predicted molar refractivity (Wildman–Crippen MR) is 65.7 cm³/mol. The zero-order valence-corrected chi connectivity index (χ0v) is 9.11. The highest BCUT2D eigenvalue weighted by Crippen LogP contribution is 2.18. The van der Waals surface area contributed by atoms with E-state index in [2.05, 4.69) is 61.6 Å². The Kier molecular flexibility index (Phi) is 3.18. The first kappa shape index (κ1) is 9.97. The fraction of sp³-hybridized carbons (Fsp3) is 0.200. The number of allylic oxidation sites excluding steroid dienone is 6. The maximum atomic E-state index is 2.23. The van der Waals surface area contributed by atoms with E-state index in [1.54, 1.807) is 0 Å². The lowest BCUT2D eigenvalue weighted by Crippen LogP contribution is -1.92. The third kappa shape index (κ3) is 2.69. The van der Waals surface area contributed by atoms with Crippen LogP contribution in [0.4, 0.5) is 0 Å². The molecule has 0 fully saturated rings. The topological polar surface area (TPSA) is 0 Å². The van der Waals surface area contributed by atoms with Gasteiger partial charge in [-0.2, -0.15) is 0 Å². The van der Waals surface area contributed by atoms with Crippen molar-refractivity contribution in [2.45, 2.75) is 19.8 Å². The average molecular weight is 196 g/mol. The Balaban J connectivity index is 2.13. The fourth-order valence-corrected chi connectivity index (χ4v) is 1.85. The molecular formula is C15H16. The summed E-state index contributed by atoms with van der Waals surface area (Å²) in [5.74, 6) is 0. The van der Waals surface area contributed by atoms with Crippen LogP contribution in [0.25, 0.3) is 0 Å². The van der Waals surface area contributed by atoms with E-state index in [-0.39, 0.29) is 0 Å². The van der Waals surface area contributed by atoms with Crippen molar-refractivity contribution in [1.82, 2.24) is 0 Å². The second-order valence-corrected chi connectivity index (χ2v) is 3.96. The maximum Gasteiger partial charge on any atom is -0.00639 e. The van der Waals surface area contributed by atoms with E-state index < -0.39 is 0 Å². The lowest BCUT2D eigenvalue weighted by atomic mass is 9.97. The predicted octanol–water partition coefficient (Wildman–Crippen LogP) is 4.06. The summed E-state index contributed by atoms with van der Waals surface area (Å²) in [6.45, 7) is 2.23. The molecule has 0 aromatic heterocycles. The lowest BCUT2D eigenvalue weighted by Gasteiger charge is -2.09. The molecule has 0 unspecified atom stereocenters. The van der Waals surface area contributed by atoms with Crippen molar-refractivity contribution >= 4 is 0 Å². The van der Waals surface area contributed by atoms with Crippen LogP contribution in [0.1, 0.15) is 18.9 Å². The Morgan fingerprint density at radius 2 is 1.93 bits per heavy atom. The van der Waals surface area contributed by atoms with Gasteiger partial charge in [0.05, 0.1) is 0 Å². The Hall–Kier alpha value is -1.56. The van der Waals surface area contributed by atoms with Crippen molar-refractivity contribution in [1.29, 1.82) is 0 Å². The van der Waals surface area contributed by atoms with Crippen LogP contribution in [-0.2, 0) is 6.42 Å². The molecule has 2 rings (SSSR count). The molecule has 15 heavy (non-hydrogen) atoms. The lowest BCUT2D eigenvalue weighted by molar-refractivity contribution is 1.07. The van der Waals surface area contributed by atoms with Gasteiger partial charge in [0.15, 0.2) is 0 Å². The fourth-order valence-electron chi connectivity index (χ4n) is 1.85. The van der Waals surface area contributed by atoms with Crippen LogP contribution in [-0.4, -0.2) is 0 Å². The molecule has 0 N–H and O–H groups in total. The maximum absolute atomic E-state index is 2.23. The molecule has 1 aliphatic rings. The van der Waals surface area contributed by atoms with Gasteiger partial charge in [-0.3, -0.25) is 0 Å². The molecule has 0 atom stereocenters. The number of rotatable bonds is 2. The molecular weight excluding hydrogens is 180 g/mol. The minimum absolute atomic E-state index is 1.06. The van der Waals surface area contributed by atoms with Crippen LogP contribution < -0.4 is 0 Å². The number of hydrogen-bond donors (Lipinski definition) is 0. The summed E-state index contributed by atoms with van der Waals surface area (Å²) in [4.78, 5) is 0. The van der Waals surface area contributed by atoms with Crippen molar-refractivity contribution in [3.63, 3.8) is 0 Å². The SMILES string of the molecule is CC(Cc1ccccc1)=C1C=CC=CC1. The Bertz CT molecular complexity index is 405. The Morgan fingerprint density at radius 3 is 2.60 bits per heavy atom. The van der Waals surface area contributed by atoms with Crippen LogP contribution in [0.15, 0.2) is 65.8 Å². The summed E-state index contributed by atoms with van der Waals surface area (Å²) in [6.07, 6.45) is 10.8. The van der Waals surface area contributed by atoms with E-state index in [9.17, 15) is 0 Å². The largest absolute Gasteiger partial charge is 0.0801 e. The van der Waals surface area contributed by atoms with Crippen molar-refractivity contribution in [2.75, 3.05) is 0 Å². The summed E-state index contributed by atoms with van der Waals surface area (Å²) >= 11 is 0. The van der Waals surface area contributed by atoms with Crippen LogP contribution in [0, 0.1) is 0 Å². The minimum Gasteiger partial charge on any atom is -0.0801 e.